The van der Waals surface area contributed by atoms with Crippen LogP contribution in [0.15, 0.2) is 15.6 Å². The van der Waals surface area contributed by atoms with E-state index in [4.69, 9.17) is 9.26 Å². The molecule has 7 nitrogen and oxygen atoms in total. The van der Waals surface area contributed by atoms with Gasteiger partial charge in [-0.1, -0.05) is 5.16 Å². The number of hydrogen-bond acceptors (Lipinski definition) is 6. The molecule has 0 aromatic carbocycles. The largest absolute Gasteiger partial charge is 0.378 e. The van der Waals surface area contributed by atoms with Crippen LogP contribution in [0.1, 0.15) is 17.0 Å². The Labute approximate surface area is 116 Å². The molecule has 7 heteroatoms. The Balaban J connectivity index is 1.85. The maximum absolute atomic E-state index is 5.36. The third-order valence-electron chi connectivity index (χ3n) is 3.23. The molecule has 20 heavy (non-hydrogen) atoms. The highest BCUT2D eigenvalue weighted by Gasteiger charge is 2.18. The summed E-state index contributed by atoms with van der Waals surface area (Å²) in [4.78, 5) is 6.53. The molecule has 0 unspecified atom stereocenters. The number of aromatic amines is 1. The van der Waals surface area contributed by atoms with Gasteiger partial charge in [0, 0.05) is 31.1 Å². The Morgan fingerprint density at radius 1 is 1.35 bits per heavy atom. The molecule has 0 amide bonds. The van der Waals surface area contributed by atoms with E-state index in [1.54, 1.807) is 12.3 Å². The molecule has 0 saturated carbocycles. The van der Waals surface area contributed by atoms with Gasteiger partial charge in [-0.2, -0.15) is 5.10 Å². The number of morpholine rings is 1. The summed E-state index contributed by atoms with van der Waals surface area (Å²) in [5, 5.41) is 11.2. The van der Waals surface area contributed by atoms with Gasteiger partial charge in [-0.15, -0.1) is 0 Å². The van der Waals surface area contributed by atoms with Crippen molar-refractivity contribution in [3.05, 3.63) is 23.1 Å². The van der Waals surface area contributed by atoms with Gasteiger partial charge in [0.05, 0.1) is 18.8 Å². The number of aromatic nitrogens is 3. The number of anilines is 1. The number of rotatable bonds is 3. The van der Waals surface area contributed by atoms with E-state index in [2.05, 4.69) is 25.2 Å². The lowest BCUT2D eigenvalue weighted by Gasteiger charge is -2.27. The van der Waals surface area contributed by atoms with E-state index in [0.717, 1.165) is 49.1 Å². The van der Waals surface area contributed by atoms with Crippen molar-refractivity contribution in [3.8, 4) is 0 Å². The fourth-order valence-electron chi connectivity index (χ4n) is 2.14. The molecule has 0 atom stereocenters. The summed E-state index contributed by atoms with van der Waals surface area (Å²) < 4.78 is 10.4. The van der Waals surface area contributed by atoms with Crippen molar-refractivity contribution < 1.29 is 9.26 Å². The van der Waals surface area contributed by atoms with E-state index in [9.17, 15) is 0 Å². The van der Waals surface area contributed by atoms with Gasteiger partial charge in [0.1, 0.15) is 5.76 Å². The van der Waals surface area contributed by atoms with Gasteiger partial charge < -0.3 is 14.2 Å². The minimum Gasteiger partial charge on any atom is -0.378 e. The molecule has 1 saturated heterocycles. The van der Waals surface area contributed by atoms with Crippen molar-refractivity contribution in [2.75, 3.05) is 31.2 Å². The first-order chi connectivity index (χ1) is 9.74. The van der Waals surface area contributed by atoms with Gasteiger partial charge in [-0.05, 0) is 13.8 Å². The van der Waals surface area contributed by atoms with Crippen LogP contribution < -0.4 is 4.90 Å². The summed E-state index contributed by atoms with van der Waals surface area (Å²) in [6.45, 7) is 6.96. The lowest BCUT2D eigenvalue weighted by molar-refractivity contribution is 0.122. The third-order valence-corrected chi connectivity index (χ3v) is 3.23. The predicted octanol–water partition coefficient (Wildman–Crippen LogP) is 1.60. The van der Waals surface area contributed by atoms with Crippen LogP contribution in [0, 0.1) is 13.8 Å². The molecule has 106 valence electrons. The highest BCUT2D eigenvalue weighted by atomic mass is 16.5. The van der Waals surface area contributed by atoms with Crippen LogP contribution in [0.25, 0.3) is 0 Å². The molecule has 1 aliphatic rings. The lowest BCUT2D eigenvalue weighted by atomic mass is 10.2. The second kappa shape index (κ2) is 5.46. The average molecular weight is 275 g/mol. The second-order valence-electron chi connectivity index (χ2n) is 4.74. The second-order valence-corrected chi connectivity index (χ2v) is 4.74. The predicted molar refractivity (Wildman–Crippen MR) is 74.9 cm³/mol. The van der Waals surface area contributed by atoms with Crippen molar-refractivity contribution in [2.45, 2.75) is 13.8 Å². The first-order valence-electron chi connectivity index (χ1n) is 6.59. The smallest absolute Gasteiger partial charge is 0.195 e. The molecule has 1 N–H and O–H groups in total. The molecule has 0 aliphatic carbocycles. The summed E-state index contributed by atoms with van der Waals surface area (Å²) in [5.74, 6) is 2.22. The maximum atomic E-state index is 5.36. The van der Waals surface area contributed by atoms with Gasteiger partial charge in [-0.3, -0.25) is 5.10 Å². The summed E-state index contributed by atoms with van der Waals surface area (Å²) in [6, 6.07) is 1.79. The molecule has 1 aliphatic heterocycles. The molecule has 3 heterocycles. The van der Waals surface area contributed by atoms with Crippen molar-refractivity contribution in [1.29, 1.82) is 0 Å². The molecule has 0 spiro atoms. The molecule has 3 rings (SSSR count). The van der Waals surface area contributed by atoms with E-state index in [0.29, 0.717) is 5.82 Å². The average Bonchev–Trinajstić information content (AvgIpc) is 3.04. The molecule has 0 bridgehead atoms. The summed E-state index contributed by atoms with van der Waals surface area (Å²) in [6.07, 6.45) is 1.78. The van der Waals surface area contributed by atoms with Crippen LogP contribution in [0.5, 0.6) is 0 Å². The molecular formula is C13H17N5O2. The fraction of sp³-hybridized carbons (Fsp3) is 0.462. The Morgan fingerprint density at radius 3 is 2.85 bits per heavy atom. The quantitative estimate of drug-likeness (QED) is 0.861. The zero-order chi connectivity index (χ0) is 13.9. The van der Waals surface area contributed by atoms with E-state index in [1.165, 1.54) is 0 Å². The molecule has 2 aromatic rings. The first kappa shape index (κ1) is 12.9. The van der Waals surface area contributed by atoms with Crippen molar-refractivity contribution in [3.63, 3.8) is 0 Å². The normalized spacial score (nSPS) is 16.2. The third kappa shape index (κ3) is 2.57. The van der Waals surface area contributed by atoms with Crippen LogP contribution in [-0.2, 0) is 4.74 Å². The van der Waals surface area contributed by atoms with Gasteiger partial charge >= 0.3 is 0 Å². The number of H-pyrrole nitrogens is 1. The van der Waals surface area contributed by atoms with Gasteiger partial charge in [-0.25, -0.2) is 4.99 Å². The van der Waals surface area contributed by atoms with Gasteiger partial charge in [0.25, 0.3) is 0 Å². The topological polar surface area (TPSA) is 79.5 Å². The minimum absolute atomic E-state index is 0.566. The van der Waals surface area contributed by atoms with Crippen molar-refractivity contribution >= 4 is 17.9 Å². The Kier molecular flexibility index (Phi) is 3.51. The number of aryl methyl sites for hydroxylation is 2. The molecular weight excluding hydrogens is 258 g/mol. The zero-order valence-electron chi connectivity index (χ0n) is 11.6. The summed E-state index contributed by atoms with van der Waals surface area (Å²) in [7, 11) is 0. The van der Waals surface area contributed by atoms with Crippen LogP contribution in [-0.4, -0.2) is 47.9 Å². The van der Waals surface area contributed by atoms with Crippen LogP contribution in [0.3, 0.4) is 0 Å². The maximum Gasteiger partial charge on any atom is 0.195 e. The summed E-state index contributed by atoms with van der Waals surface area (Å²) in [5.41, 5.74) is 1.96. The SMILES string of the molecule is Cc1cc(N=Cc2c(N3CCOCC3)n[nH]c2C)no1. The van der Waals surface area contributed by atoms with E-state index >= 15 is 0 Å². The van der Waals surface area contributed by atoms with Gasteiger partial charge in [0.2, 0.25) is 0 Å². The molecule has 1 fully saturated rings. The number of nitrogens with zero attached hydrogens (tertiary/aromatic N) is 4. The Morgan fingerprint density at radius 2 is 2.15 bits per heavy atom. The highest BCUT2D eigenvalue weighted by Crippen LogP contribution is 2.21. The van der Waals surface area contributed by atoms with Crippen LogP contribution in [0.4, 0.5) is 11.6 Å². The Hall–Kier alpha value is -2.15. The summed E-state index contributed by atoms with van der Waals surface area (Å²) >= 11 is 0. The van der Waals surface area contributed by atoms with E-state index in [-0.39, 0.29) is 0 Å². The number of hydrogen-bond donors (Lipinski definition) is 1. The van der Waals surface area contributed by atoms with E-state index in [1.807, 2.05) is 13.8 Å². The molecule has 0 radical (unpaired) electrons. The fourth-order valence-corrected chi connectivity index (χ4v) is 2.14. The zero-order valence-corrected chi connectivity index (χ0v) is 11.6. The first-order valence-corrected chi connectivity index (χ1v) is 6.59. The van der Waals surface area contributed by atoms with Gasteiger partial charge in [0.15, 0.2) is 11.6 Å². The number of nitrogens with one attached hydrogen (secondary N) is 1. The Bertz CT molecular complexity index is 610. The lowest BCUT2D eigenvalue weighted by Crippen LogP contribution is -2.37. The highest BCUT2D eigenvalue weighted by molar-refractivity contribution is 5.89. The number of aliphatic imine (C=N–C) groups is 1. The monoisotopic (exact) mass is 275 g/mol. The standard InChI is InChI=1S/C13H17N5O2/c1-9-7-12(17-20-9)14-8-11-10(2)15-16-13(11)18-3-5-19-6-4-18/h7-8H,3-6H2,1-2H3,(H,15,16). The van der Waals surface area contributed by atoms with Crippen molar-refractivity contribution in [1.82, 2.24) is 15.4 Å². The number of ether oxygens (including phenoxy) is 1. The van der Waals surface area contributed by atoms with E-state index < -0.39 is 0 Å². The minimum atomic E-state index is 0.566. The van der Waals surface area contributed by atoms with Crippen molar-refractivity contribution in [2.24, 2.45) is 4.99 Å². The van der Waals surface area contributed by atoms with Crippen LogP contribution >= 0.6 is 0 Å². The molecule has 2 aromatic heterocycles. The van der Waals surface area contributed by atoms with Crippen LogP contribution in [0.2, 0.25) is 0 Å².